The van der Waals surface area contributed by atoms with E-state index in [0.717, 1.165) is 11.7 Å². The van der Waals surface area contributed by atoms with E-state index in [0.29, 0.717) is 30.8 Å². The zero-order valence-corrected chi connectivity index (χ0v) is 28.9. The molecule has 2 unspecified atom stereocenters. The summed E-state index contributed by atoms with van der Waals surface area (Å²) in [7, 11) is -1.56. The van der Waals surface area contributed by atoms with Crippen molar-refractivity contribution in [2.24, 2.45) is 11.3 Å². The van der Waals surface area contributed by atoms with E-state index >= 15 is 0 Å². The average molecular weight is 685 g/mol. The number of hydrogen-bond acceptors (Lipinski definition) is 9. The third-order valence-corrected chi connectivity index (χ3v) is 11.8. The van der Waals surface area contributed by atoms with Gasteiger partial charge in [0.15, 0.2) is 5.13 Å². The van der Waals surface area contributed by atoms with Crippen molar-refractivity contribution in [2.75, 3.05) is 24.5 Å². The molecule has 0 aliphatic carbocycles. The van der Waals surface area contributed by atoms with E-state index in [9.17, 15) is 19.7 Å². The van der Waals surface area contributed by atoms with Crippen molar-refractivity contribution < 1.29 is 23.7 Å². The third kappa shape index (κ3) is 7.59. The van der Waals surface area contributed by atoms with Crippen molar-refractivity contribution in [1.29, 1.82) is 0 Å². The highest BCUT2D eigenvalue weighted by atomic mass is 32.1. The molecule has 2 amide bonds. The van der Waals surface area contributed by atoms with Crippen LogP contribution in [0, 0.1) is 21.4 Å². The van der Waals surface area contributed by atoms with Crippen molar-refractivity contribution in [2.45, 2.75) is 46.1 Å². The highest BCUT2D eigenvalue weighted by Gasteiger charge is 2.49. The summed E-state index contributed by atoms with van der Waals surface area (Å²) in [4.78, 5) is 44.8. The number of nitrogens with zero attached hydrogens (tertiary/aromatic N) is 4. The van der Waals surface area contributed by atoms with Gasteiger partial charge in [0.25, 0.3) is 20.6 Å². The quantitative estimate of drug-likeness (QED) is 0.143. The number of likely N-dealkylation sites (tertiary alicyclic amines) is 1. The number of hydrogen-bond donors (Lipinski definition) is 1. The Kier molecular flexibility index (Phi) is 9.90. The van der Waals surface area contributed by atoms with Crippen LogP contribution in [0.3, 0.4) is 0 Å². The summed E-state index contributed by atoms with van der Waals surface area (Å²) in [6, 6.07) is 26.4. The number of anilines is 1. The molecule has 3 atom stereocenters. The minimum Gasteiger partial charge on any atom is -0.445 e. The first-order valence-corrected chi connectivity index (χ1v) is 18.2. The Bertz CT molecular complexity index is 1690. The van der Waals surface area contributed by atoms with Gasteiger partial charge in [0.05, 0.1) is 4.92 Å². The Labute approximate surface area is 285 Å². The standard InChI is InChI=1S/C35H38N5O6SSi/c1-35(2,3)29-21-39(32(29)46-48(27-10-6-4-7-11-27)28-12-8-5-9-13-28)33-37-30(23-47-33)31(41)36-25-18-19-38(20-25)34(42)45-22-24-14-16-26(17-15-24)40(43)44/h4-17,23,25,29,32H,18-22H2,1-3H3,(H,36,41)/t25-,29?,32?/m1/s1. The van der Waals surface area contributed by atoms with Crippen LogP contribution >= 0.6 is 11.3 Å². The summed E-state index contributed by atoms with van der Waals surface area (Å²) in [6.07, 6.45) is -0.0963. The maximum atomic E-state index is 13.3. The van der Waals surface area contributed by atoms with E-state index in [-0.39, 0.29) is 41.8 Å². The van der Waals surface area contributed by atoms with Gasteiger partial charge in [-0.05, 0) is 39.9 Å². The van der Waals surface area contributed by atoms with Crippen molar-refractivity contribution >= 4 is 53.6 Å². The fourth-order valence-corrected chi connectivity index (χ4v) is 8.85. The van der Waals surface area contributed by atoms with Gasteiger partial charge in [0, 0.05) is 49.1 Å². The van der Waals surface area contributed by atoms with E-state index in [2.05, 4.69) is 55.3 Å². The summed E-state index contributed by atoms with van der Waals surface area (Å²) >= 11 is 1.43. The van der Waals surface area contributed by atoms with Crippen molar-refractivity contribution in [3.63, 3.8) is 0 Å². The van der Waals surface area contributed by atoms with Crippen molar-refractivity contribution in [1.82, 2.24) is 15.2 Å². The lowest BCUT2D eigenvalue weighted by molar-refractivity contribution is -0.384. The van der Waals surface area contributed by atoms with Gasteiger partial charge in [-0.3, -0.25) is 14.9 Å². The second kappa shape index (κ2) is 14.3. The number of non-ortho nitro benzene ring substituents is 1. The van der Waals surface area contributed by atoms with Gasteiger partial charge in [0.2, 0.25) is 0 Å². The molecule has 0 spiro atoms. The number of nitro benzene ring substituents is 1. The van der Waals surface area contributed by atoms with Gasteiger partial charge >= 0.3 is 6.09 Å². The van der Waals surface area contributed by atoms with E-state index in [1.54, 1.807) is 22.4 Å². The largest absolute Gasteiger partial charge is 0.445 e. The first-order chi connectivity index (χ1) is 23.1. The Morgan fingerprint density at radius 1 is 1.00 bits per heavy atom. The predicted octanol–water partition coefficient (Wildman–Crippen LogP) is 4.82. The molecule has 1 aromatic heterocycles. The molecule has 249 valence electrons. The highest BCUT2D eigenvalue weighted by molar-refractivity contribution is 7.14. The summed E-state index contributed by atoms with van der Waals surface area (Å²) in [5.41, 5.74) is 0.974. The SMILES string of the molecule is CC(C)(C)C1CN(c2nc(C(=O)N[C@@H]3CCN(C(=O)OCc4ccc([N+](=O)[O-])cc4)C3)cs2)C1O[Si](c1ccccc1)c1ccccc1. The van der Waals surface area contributed by atoms with Gasteiger partial charge in [0.1, 0.15) is 18.5 Å². The van der Waals surface area contributed by atoms with E-state index in [1.165, 1.54) is 33.8 Å². The zero-order valence-electron chi connectivity index (χ0n) is 27.1. The lowest BCUT2D eigenvalue weighted by atomic mass is 9.74. The molecule has 48 heavy (non-hydrogen) atoms. The monoisotopic (exact) mass is 684 g/mol. The van der Waals surface area contributed by atoms with Crippen molar-refractivity contribution in [3.05, 3.63) is 112 Å². The van der Waals surface area contributed by atoms with Gasteiger partial charge in [-0.2, -0.15) is 0 Å². The zero-order chi connectivity index (χ0) is 33.8. The first kappa shape index (κ1) is 33.3. The highest BCUT2D eigenvalue weighted by Crippen LogP contribution is 2.43. The van der Waals surface area contributed by atoms with Crippen LogP contribution in [0.5, 0.6) is 0 Å². The Morgan fingerprint density at radius 3 is 2.25 bits per heavy atom. The minimum atomic E-state index is -1.56. The van der Waals surface area contributed by atoms with Crippen molar-refractivity contribution in [3.8, 4) is 0 Å². The molecule has 1 N–H and O–H groups in total. The number of ether oxygens (including phenoxy) is 1. The van der Waals surface area contributed by atoms with E-state index < -0.39 is 20.1 Å². The van der Waals surface area contributed by atoms with Gasteiger partial charge in [-0.15, -0.1) is 11.3 Å². The lowest BCUT2D eigenvalue weighted by Crippen LogP contribution is -2.65. The number of nitrogens with one attached hydrogen (secondary N) is 1. The van der Waals surface area contributed by atoms with Crippen LogP contribution in [0.4, 0.5) is 15.6 Å². The molecular formula is C35H38N5O6SSi. The smallest absolute Gasteiger partial charge is 0.410 e. The Hall–Kier alpha value is -4.59. The number of aromatic nitrogens is 1. The topological polar surface area (TPSA) is 127 Å². The second-order valence-corrected chi connectivity index (χ2v) is 16.0. The molecule has 2 aliphatic rings. The number of thiazole rings is 1. The molecule has 2 aliphatic heterocycles. The van der Waals surface area contributed by atoms with Crippen LogP contribution in [0.2, 0.25) is 0 Å². The first-order valence-electron chi connectivity index (χ1n) is 15.9. The van der Waals surface area contributed by atoms with Crippen LogP contribution in [-0.2, 0) is 15.8 Å². The molecule has 3 heterocycles. The molecule has 4 aromatic rings. The van der Waals surface area contributed by atoms with Crippen LogP contribution in [0.1, 0.15) is 43.2 Å². The number of nitro groups is 1. The number of rotatable bonds is 10. The minimum absolute atomic E-state index is 0.00248. The Morgan fingerprint density at radius 2 is 1.65 bits per heavy atom. The molecule has 0 bridgehead atoms. The summed E-state index contributed by atoms with van der Waals surface area (Å²) < 4.78 is 12.5. The predicted molar refractivity (Wildman–Crippen MR) is 186 cm³/mol. The fraction of sp³-hybridized carbons (Fsp3) is 0.343. The van der Waals surface area contributed by atoms with Gasteiger partial charge in [-0.1, -0.05) is 81.4 Å². The molecule has 6 rings (SSSR count). The molecule has 11 nitrogen and oxygen atoms in total. The molecular weight excluding hydrogens is 647 g/mol. The van der Waals surface area contributed by atoms with Crippen LogP contribution in [-0.4, -0.2) is 67.8 Å². The fourth-order valence-electron chi connectivity index (χ4n) is 5.88. The van der Waals surface area contributed by atoms with Gasteiger partial charge < -0.3 is 24.3 Å². The molecule has 0 saturated carbocycles. The normalized spacial score (nSPS) is 19.2. The lowest BCUT2D eigenvalue weighted by Gasteiger charge is -2.53. The number of amides is 2. The summed E-state index contributed by atoms with van der Waals surface area (Å²) in [5.74, 6) is -0.0111. The summed E-state index contributed by atoms with van der Waals surface area (Å²) in [5, 5.41) is 18.7. The molecule has 13 heteroatoms. The van der Waals surface area contributed by atoms with Crippen LogP contribution < -0.4 is 20.6 Å². The molecule has 2 fully saturated rings. The van der Waals surface area contributed by atoms with Crippen LogP contribution in [0.15, 0.2) is 90.3 Å². The Balaban J connectivity index is 1.07. The average Bonchev–Trinajstić information content (AvgIpc) is 3.74. The molecule has 3 aromatic carbocycles. The number of carbonyl (C=O) groups excluding carboxylic acids is 2. The van der Waals surface area contributed by atoms with Crippen LogP contribution in [0.25, 0.3) is 0 Å². The summed E-state index contributed by atoms with van der Waals surface area (Å²) in [6.45, 7) is 8.25. The number of carbonyl (C=O) groups is 2. The maximum absolute atomic E-state index is 13.3. The molecule has 1 radical (unpaired) electrons. The number of benzene rings is 3. The second-order valence-electron chi connectivity index (χ2n) is 13.1. The third-order valence-electron chi connectivity index (χ3n) is 8.73. The van der Waals surface area contributed by atoms with E-state index in [1.807, 2.05) is 36.4 Å². The van der Waals surface area contributed by atoms with E-state index in [4.69, 9.17) is 14.1 Å². The maximum Gasteiger partial charge on any atom is 0.410 e. The van der Waals surface area contributed by atoms with Gasteiger partial charge in [-0.25, -0.2) is 9.78 Å². The molecule has 2 saturated heterocycles.